The van der Waals surface area contributed by atoms with E-state index in [4.69, 9.17) is 9.84 Å². The number of rotatable bonds is 3. The molecule has 0 radical (unpaired) electrons. The molecule has 1 saturated carbocycles. The molecule has 1 fully saturated rings. The van der Waals surface area contributed by atoms with E-state index < -0.39 is 0 Å². The van der Waals surface area contributed by atoms with Crippen LogP contribution in [-0.4, -0.2) is 12.2 Å². The highest BCUT2D eigenvalue weighted by atomic mass is 16.5. The van der Waals surface area contributed by atoms with Crippen molar-refractivity contribution in [3.05, 3.63) is 29.3 Å². The summed E-state index contributed by atoms with van der Waals surface area (Å²) in [5.41, 5.74) is 2.23. The van der Waals surface area contributed by atoms with Crippen molar-refractivity contribution in [3.63, 3.8) is 0 Å². The Kier molecular flexibility index (Phi) is 2.23. The quantitative estimate of drug-likeness (QED) is 0.767. The summed E-state index contributed by atoms with van der Waals surface area (Å²) in [6, 6.07) is 5.86. The fraction of sp³-hybridized carbons (Fsp3) is 0.455. The second-order valence-corrected chi connectivity index (χ2v) is 3.47. The van der Waals surface area contributed by atoms with Gasteiger partial charge in [0.1, 0.15) is 5.75 Å². The molecule has 0 aromatic heterocycles. The number of aliphatic hydroxyl groups is 1. The molecule has 0 aliphatic heterocycles. The van der Waals surface area contributed by atoms with Crippen LogP contribution in [-0.2, 0) is 6.61 Å². The third-order valence-corrected chi connectivity index (χ3v) is 2.53. The Morgan fingerprint density at radius 1 is 1.46 bits per heavy atom. The summed E-state index contributed by atoms with van der Waals surface area (Å²) in [7, 11) is 1.68. The first-order valence-corrected chi connectivity index (χ1v) is 4.63. The second kappa shape index (κ2) is 3.38. The number of ether oxygens (including phenoxy) is 1. The molecule has 1 aromatic carbocycles. The average Bonchev–Trinajstić information content (AvgIpc) is 3.00. The Balaban J connectivity index is 2.44. The zero-order valence-corrected chi connectivity index (χ0v) is 7.79. The molecule has 2 heteroatoms. The van der Waals surface area contributed by atoms with Crippen molar-refractivity contribution in [2.24, 2.45) is 0 Å². The Labute approximate surface area is 78.2 Å². The van der Waals surface area contributed by atoms with Crippen LogP contribution in [0.1, 0.15) is 29.9 Å². The van der Waals surface area contributed by atoms with Crippen molar-refractivity contribution in [2.45, 2.75) is 25.4 Å². The molecule has 0 unspecified atom stereocenters. The van der Waals surface area contributed by atoms with Crippen LogP contribution in [0.25, 0.3) is 0 Å². The maximum atomic E-state index is 9.16. The van der Waals surface area contributed by atoms with E-state index in [-0.39, 0.29) is 6.61 Å². The number of hydrogen-bond acceptors (Lipinski definition) is 2. The topological polar surface area (TPSA) is 29.5 Å². The molecule has 0 atom stereocenters. The Hall–Kier alpha value is -1.02. The zero-order valence-electron chi connectivity index (χ0n) is 7.79. The predicted molar refractivity (Wildman–Crippen MR) is 50.9 cm³/mol. The van der Waals surface area contributed by atoms with Crippen molar-refractivity contribution in [2.75, 3.05) is 7.11 Å². The third kappa shape index (κ3) is 1.54. The summed E-state index contributed by atoms with van der Waals surface area (Å²) >= 11 is 0. The van der Waals surface area contributed by atoms with Gasteiger partial charge in [-0.05, 0) is 30.4 Å². The van der Waals surface area contributed by atoms with E-state index in [0.29, 0.717) is 5.92 Å². The molecule has 1 aliphatic carbocycles. The van der Waals surface area contributed by atoms with Crippen LogP contribution in [0.3, 0.4) is 0 Å². The highest BCUT2D eigenvalue weighted by molar-refractivity contribution is 5.44. The molecule has 1 aromatic rings. The van der Waals surface area contributed by atoms with Crippen LogP contribution >= 0.6 is 0 Å². The lowest BCUT2D eigenvalue weighted by Gasteiger charge is -2.11. The van der Waals surface area contributed by atoms with Gasteiger partial charge in [0, 0.05) is 5.56 Å². The first kappa shape index (κ1) is 8.57. The minimum atomic E-state index is 0.114. The molecule has 70 valence electrons. The van der Waals surface area contributed by atoms with E-state index >= 15 is 0 Å². The van der Waals surface area contributed by atoms with E-state index in [0.717, 1.165) is 11.3 Å². The van der Waals surface area contributed by atoms with Crippen molar-refractivity contribution in [1.82, 2.24) is 0 Å². The summed E-state index contributed by atoms with van der Waals surface area (Å²) in [6.45, 7) is 0.114. The van der Waals surface area contributed by atoms with Gasteiger partial charge in [-0.25, -0.2) is 0 Å². The summed E-state index contributed by atoms with van der Waals surface area (Å²) in [6.07, 6.45) is 2.46. The van der Waals surface area contributed by atoms with Crippen LogP contribution in [0.15, 0.2) is 18.2 Å². The van der Waals surface area contributed by atoms with Crippen molar-refractivity contribution in [3.8, 4) is 5.75 Å². The van der Waals surface area contributed by atoms with Crippen LogP contribution < -0.4 is 4.74 Å². The smallest absolute Gasteiger partial charge is 0.122 e. The minimum Gasteiger partial charge on any atom is -0.496 e. The minimum absolute atomic E-state index is 0.114. The fourth-order valence-corrected chi connectivity index (χ4v) is 1.74. The van der Waals surface area contributed by atoms with Crippen LogP contribution in [0.4, 0.5) is 0 Å². The molecular formula is C11H14O2. The van der Waals surface area contributed by atoms with Gasteiger partial charge in [-0.15, -0.1) is 0 Å². The SMILES string of the molecule is COc1cccc(CO)c1C1CC1. The number of methoxy groups -OCH3 is 1. The van der Waals surface area contributed by atoms with E-state index in [1.165, 1.54) is 18.4 Å². The van der Waals surface area contributed by atoms with Gasteiger partial charge in [-0.1, -0.05) is 12.1 Å². The molecule has 0 amide bonds. The molecule has 0 spiro atoms. The van der Waals surface area contributed by atoms with E-state index in [1.807, 2.05) is 18.2 Å². The molecule has 13 heavy (non-hydrogen) atoms. The molecule has 0 heterocycles. The van der Waals surface area contributed by atoms with Gasteiger partial charge in [0.15, 0.2) is 0 Å². The third-order valence-electron chi connectivity index (χ3n) is 2.53. The second-order valence-electron chi connectivity index (χ2n) is 3.47. The monoisotopic (exact) mass is 178 g/mol. The van der Waals surface area contributed by atoms with Gasteiger partial charge in [0.2, 0.25) is 0 Å². The lowest BCUT2D eigenvalue weighted by atomic mass is 10.0. The maximum Gasteiger partial charge on any atom is 0.122 e. The van der Waals surface area contributed by atoms with Crippen LogP contribution in [0, 0.1) is 0 Å². The maximum absolute atomic E-state index is 9.16. The van der Waals surface area contributed by atoms with Gasteiger partial charge in [0.25, 0.3) is 0 Å². The van der Waals surface area contributed by atoms with Crippen LogP contribution in [0.2, 0.25) is 0 Å². The van der Waals surface area contributed by atoms with E-state index in [1.54, 1.807) is 7.11 Å². The lowest BCUT2D eigenvalue weighted by Crippen LogP contribution is -1.96. The summed E-state index contributed by atoms with van der Waals surface area (Å²) in [4.78, 5) is 0. The molecule has 0 bridgehead atoms. The average molecular weight is 178 g/mol. The first-order valence-electron chi connectivity index (χ1n) is 4.63. The van der Waals surface area contributed by atoms with Gasteiger partial charge < -0.3 is 9.84 Å². The lowest BCUT2D eigenvalue weighted by molar-refractivity contribution is 0.279. The Bertz CT molecular complexity index is 281. The number of hydrogen-bond donors (Lipinski definition) is 1. The number of benzene rings is 1. The highest BCUT2D eigenvalue weighted by Crippen LogP contribution is 2.45. The van der Waals surface area contributed by atoms with Crippen molar-refractivity contribution < 1.29 is 9.84 Å². The van der Waals surface area contributed by atoms with Gasteiger partial charge >= 0.3 is 0 Å². The predicted octanol–water partition coefficient (Wildman–Crippen LogP) is 2.06. The standard InChI is InChI=1S/C11H14O2/c1-13-10-4-2-3-9(7-12)11(10)8-5-6-8/h2-4,8,12H,5-7H2,1H3. The molecule has 2 rings (SSSR count). The largest absolute Gasteiger partial charge is 0.496 e. The summed E-state index contributed by atoms with van der Waals surface area (Å²) in [5, 5.41) is 9.16. The zero-order chi connectivity index (χ0) is 9.26. The summed E-state index contributed by atoms with van der Waals surface area (Å²) in [5.74, 6) is 1.55. The Morgan fingerprint density at radius 2 is 2.23 bits per heavy atom. The normalized spacial score (nSPS) is 15.8. The van der Waals surface area contributed by atoms with Gasteiger partial charge in [0.05, 0.1) is 13.7 Å². The molecule has 2 nitrogen and oxygen atoms in total. The van der Waals surface area contributed by atoms with E-state index in [2.05, 4.69) is 0 Å². The van der Waals surface area contributed by atoms with Crippen molar-refractivity contribution in [1.29, 1.82) is 0 Å². The van der Waals surface area contributed by atoms with E-state index in [9.17, 15) is 0 Å². The summed E-state index contributed by atoms with van der Waals surface area (Å²) < 4.78 is 5.28. The fourth-order valence-electron chi connectivity index (χ4n) is 1.74. The Morgan fingerprint density at radius 3 is 2.77 bits per heavy atom. The van der Waals surface area contributed by atoms with Gasteiger partial charge in [-0.2, -0.15) is 0 Å². The van der Waals surface area contributed by atoms with Crippen LogP contribution in [0.5, 0.6) is 5.75 Å². The molecule has 0 saturated heterocycles. The molecule has 1 aliphatic rings. The highest BCUT2D eigenvalue weighted by Gasteiger charge is 2.28. The number of aliphatic hydroxyl groups excluding tert-OH is 1. The van der Waals surface area contributed by atoms with Gasteiger partial charge in [-0.3, -0.25) is 0 Å². The van der Waals surface area contributed by atoms with Crippen molar-refractivity contribution >= 4 is 0 Å². The molecule has 1 N–H and O–H groups in total. The molecular weight excluding hydrogens is 164 g/mol. The first-order chi connectivity index (χ1) is 6.36.